The fraction of sp³-hybridized carbons (Fsp3) is 0.889. The molecule has 0 radical (unpaired) electrons. The van der Waals surface area contributed by atoms with E-state index in [1.54, 1.807) is 11.9 Å². The highest BCUT2D eigenvalue weighted by Crippen LogP contribution is 2.29. The Morgan fingerprint density at radius 3 is 2.79 bits per heavy atom. The van der Waals surface area contributed by atoms with Crippen molar-refractivity contribution in [3.05, 3.63) is 0 Å². The zero-order valence-electron chi connectivity index (χ0n) is 8.41. The third-order valence-corrected chi connectivity index (χ3v) is 2.73. The van der Waals surface area contributed by atoms with E-state index in [1.807, 2.05) is 0 Å². The summed E-state index contributed by atoms with van der Waals surface area (Å²) in [4.78, 5) is 13.2. The highest BCUT2D eigenvalue weighted by Gasteiger charge is 2.41. The van der Waals surface area contributed by atoms with Gasteiger partial charge in [0.05, 0.1) is 19.8 Å². The number of likely N-dealkylation sites (tertiary alicyclic amines) is 1. The highest BCUT2D eigenvalue weighted by molar-refractivity contribution is 5.73. The summed E-state index contributed by atoms with van der Waals surface area (Å²) < 4.78 is 11.1. The van der Waals surface area contributed by atoms with Crippen LogP contribution in [-0.4, -0.2) is 50.1 Å². The summed E-state index contributed by atoms with van der Waals surface area (Å²) in [5, 5.41) is 2.62. The molecule has 2 rings (SSSR count). The molecular formula is C9H16N2O3. The van der Waals surface area contributed by atoms with Crippen LogP contribution in [0.2, 0.25) is 0 Å². The molecule has 2 heterocycles. The van der Waals surface area contributed by atoms with E-state index >= 15 is 0 Å². The van der Waals surface area contributed by atoms with Gasteiger partial charge < -0.3 is 19.7 Å². The number of ether oxygens (including phenoxy) is 2. The van der Waals surface area contributed by atoms with Crippen LogP contribution < -0.4 is 5.32 Å². The first-order valence-corrected chi connectivity index (χ1v) is 5.00. The van der Waals surface area contributed by atoms with Gasteiger partial charge in [-0.1, -0.05) is 0 Å². The lowest BCUT2D eigenvalue weighted by Gasteiger charge is -2.38. The fourth-order valence-electron chi connectivity index (χ4n) is 2.05. The minimum atomic E-state index is -0.509. The van der Waals surface area contributed by atoms with E-state index in [0.717, 1.165) is 19.4 Å². The van der Waals surface area contributed by atoms with Gasteiger partial charge in [0, 0.05) is 20.0 Å². The number of urea groups is 1. The molecule has 0 atom stereocenters. The molecule has 0 aromatic rings. The SMILES string of the molecule is CNC(=O)N1CCCC2(C1)OCCO2. The predicted molar refractivity (Wildman–Crippen MR) is 49.9 cm³/mol. The molecule has 80 valence electrons. The number of rotatable bonds is 0. The van der Waals surface area contributed by atoms with Crippen molar-refractivity contribution in [1.82, 2.24) is 10.2 Å². The van der Waals surface area contributed by atoms with Crippen LogP contribution in [0.25, 0.3) is 0 Å². The van der Waals surface area contributed by atoms with Gasteiger partial charge in [0.2, 0.25) is 0 Å². The lowest BCUT2D eigenvalue weighted by Crippen LogP contribution is -2.53. The van der Waals surface area contributed by atoms with Gasteiger partial charge in [-0.15, -0.1) is 0 Å². The number of nitrogens with one attached hydrogen (secondary N) is 1. The second-order valence-corrected chi connectivity index (χ2v) is 3.69. The molecule has 2 amide bonds. The normalized spacial score (nSPS) is 25.4. The number of carbonyl (C=O) groups is 1. The Labute approximate surface area is 83.3 Å². The van der Waals surface area contributed by atoms with E-state index in [4.69, 9.17) is 9.47 Å². The van der Waals surface area contributed by atoms with E-state index in [2.05, 4.69) is 5.32 Å². The number of nitrogens with zero attached hydrogens (tertiary/aromatic N) is 1. The Kier molecular flexibility index (Phi) is 2.60. The first kappa shape index (κ1) is 9.73. The molecule has 14 heavy (non-hydrogen) atoms. The zero-order chi connectivity index (χ0) is 10.0. The van der Waals surface area contributed by atoms with Gasteiger partial charge >= 0.3 is 6.03 Å². The molecule has 2 fully saturated rings. The lowest BCUT2D eigenvalue weighted by molar-refractivity contribution is -0.182. The molecule has 0 aromatic carbocycles. The summed E-state index contributed by atoms with van der Waals surface area (Å²) in [6.07, 6.45) is 1.83. The van der Waals surface area contributed by atoms with Gasteiger partial charge in [-0.25, -0.2) is 4.79 Å². The number of carbonyl (C=O) groups excluding carboxylic acids is 1. The third-order valence-electron chi connectivity index (χ3n) is 2.73. The van der Waals surface area contributed by atoms with E-state index in [-0.39, 0.29) is 6.03 Å². The maximum Gasteiger partial charge on any atom is 0.317 e. The topological polar surface area (TPSA) is 50.8 Å². The predicted octanol–water partition coefficient (Wildman–Crippen LogP) is 0.165. The Balaban J connectivity index is 1.99. The summed E-state index contributed by atoms with van der Waals surface area (Å²) in [5.41, 5.74) is 0. The Hall–Kier alpha value is -0.810. The van der Waals surface area contributed by atoms with Crippen molar-refractivity contribution in [2.45, 2.75) is 18.6 Å². The van der Waals surface area contributed by atoms with Crippen molar-refractivity contribution in [1.29, 1.82) is 0 Å². The Morgan fingerprint density at radius 1 is 1.43 bits per heavy atom. The lowest BCUT2D eigenvalue weighted by atomic mass is 10.1. The molecule has 1 spiro atoms. The quantitative estimate of drug-likeness (QED) is 0.606. The third kappa shape index (κ3) is 1.69. The largest absolute Gasteiger partial charge is 0.346 e. The molecule has 1 N–H and O–H groups in total. The van der Waals surface area contributed by atoms with Crippen molar-refractivity contribution in [2.24, 2.45) is 0 Å². The van der Waals surface area contributed by atoms with Gasteiger partial charge in [-0.3, -0.25) is 0 Å². The minimum Gasteiger partial charge on any atom is -0.346 e. The molecule has 5 heteroatoms. The Morgan fingerprint density at radius 2 is 2.14 bits per heavy atom. The van der Waals surface area contributed by atoms with Gasteiger partial charge in [-0.05, 0) is 6.42 Å². The first-order valence-electron chi connectivity index (χ1n) is 5.00. The molecule has 0 bridgehead atoms. The van der Waals surface area contributed by atoms with Crippen LogP contribution >= 0.6 is 0 Å². The van der Waals surface area contributed by atoms with E-state index < -0.39 is 5.79 Å². The molecule has 2 saturated heterocycles. The molecular weight excluding hydrogens is 184 g/mol. The standard InChI is InChI=1S/C9H16N2O3/c1-10-8(12)11-4-2-3-9(7-11)13-5-6-14-9/h2-7H2,1H3,(H,10,12). The highest BCUT2D eigenvalue weighted by atomic mass is 16.7. The van der Waals surface area contributed by atoms with Crippen LogP contribution in [0.3, 0.4) is 0 Å². The van der Waals surface area contributed by atoms with Crippen LogP contribution in [0.5, 0.6) is 0 Å². The van der Waals surface area contributed by atoms with Crippen LogP contribution in [0.15, 0.2) is 0 Å². The summed E-state index contributed by atoms with van der Waals surface area (Å²) >= 11 is 0. The maximum atomic E-state index is 11.4. The average Bonchev–Trinajstić information content (AvgIpc) is 2.65. The van der Waals surface area contributed by atoms with Gasteiger partial charge in [0.1, 0.15) is 0 Å². The second-order valence-electron chi connectivity index (χ2n) is 3.69. The maximum absolute atomic E-state index is 11.4. The van der Waals surface area contributed by atoms with Crippen LogP contribution in [-0.2, 0) is 9.47 Å². The van der Waals surface area contributed by atoms with Crippen LogP contribution in [0, 0.1) is 0 Å². The number of hydrogen-bond acceptors (Lipinski definition) is 3. The zero-order valence-corrected chi connectivity index (χ0v) is 8.41. The Bertz CT molecular complexity index is 226. The van der Waals surface area contributed by atoms with Gasteiger partial charge in [-0.2, -0.15) is 0 Å². The van der Waals surface area contributed by atoms with Crippen molar-refractivity contribution < 1.29 is 14.3 Å². The van der Waals surface area contributed by atoms with Gasteiger partial charge in [0.15, 0.2) is 5.79 Å². The molecule has 0 aromatic heterocycles. The molecule has 5 nitrogen and oxygen atoms in total. The summed E-state index contributed by atoms with van der Waals surface area (Å²) in [6.45, 7) is 2.62. The molecule has 0 aliphatic carbocycles. The van der Waals surface area contributed by atoms with Crippen molar-refractivity contribution in [3.63, 3.8) is 0 Å². The van der Waals surface area contributed by atoms with E-state index in [0.29, 0.717) is 19.8 Å². The van der Waals surface area contributed by atoms with E-state index in [9.17, 15) is 4.79 Å². The van der Waals surface area contributed by atoms with Crippen molar-refractivity contribution in [3.8, 4) is 0 Å². The molecule has 2 aliphatic heterocycles. The number of hydrogen-bond donors (Lipinski definition) is 1. The summed E-state index contributed by atoms with van der Waals surface area (Å²) in [6, 6.07) is -0.0526. The smallest absolute Gasteiger partial charge is 0.317 e. The summed E-state index contributed by atoms with van der Waals surface area (Å²) in [5.74, 6) is -0.509. The second kappa shape index (κ2) is 3.74. The van der Waals surface area contributed by atoms with Crippen LogP contribution in [0.4, 0.5) is 4.79 Å². The molecule has 0 unspecified atom stereocenters. The van der Waals surface area contributed by atoms with Crippen LogP contribution in [0.1, 0.15) is 12.8 Å². The summed E-state index contributed by atoms with van der Waals surface area (Å²) in [7, 11) is 1.64. The average molecular weight is 200 g/mol. The van der Waals surface area contributed by atoms with E-state index in [1.165, 1.54) is 0 Å². The first-order chi connectivity index (χ1) is 6.76. The van der Waals surface area contributed by atoms with Gasteiger partial charge in [0.25, 0.3) is 0 Å². The minimum absolute atomic E-state index is 0.0526. The van der Waals surface area contributed by atoms with Crippen molar-refractivity contribution in [2.75, 3.05) is 33.4 Å². The number of amides is 2. The fourth-order valence-corrected chi connectivity index (χ4v) is 2.05. The monoisotopic (exact) mass is 200 g/mol. The molecule has 0 saturated carbocycles. The molecule has 2 aliphatic rings. The van der Waals surface area contributed by atoms with Crippen molar-refractivity contribution >= 4 is 6.03 Å². The number of piperidine rings is 1.